The summed E-state index contributed by atoms with van der Waals surface area (Å²) in [7, 11) is 0. The molecule has 0 radical (unpaired) electrons. The van der Waals surface area contributed by atoms with E-state index < -0.39 is 23.8 Å². The van der Waals surface area contributed by atoms with Gasteiger partial charge in [-0.3, -0.25) is 0 Å². The average Bonchev–Trinajstić information content (AvgIpc) is 2.27. The van der Waals surface area contributed by atoms with Crippen molar-refractivity contribution in [3.63, 3.8) is 0 Å². The Morgan fingerprint density at radius 1 is 1.00 bits per heavy atom. The molecular formula is C12H14F4. The zero-order chi connectivity index (χ0) is 12.2. The highest BCUT2D eigenvalue weighted by Gasteiger charge is 2.56. The Kier molecular flexibility index (Phi) is 3.94. The van der Waals surface area contributed by atoms with E-state index in [2.05, 4.69) is 0 Å². The number of benzene rings is 1. The fraction of sp³-hybridized carbons (Fsp3) is 0.500. The van der Waals surface area contributed by atoms with Crippen LogP contribution in [0.15, 0.2) is 30.3 Å². The van der Waals surface area contributed by atoms with Gasteiger partial charge >= 0.3 is 11.8 Å². The lowest BCUT2D eigenvalue weighted by Crippen LogP contribution is -2.37. The smallest absolute Gasteiger partial charge is 0.199 e. The van der Waals surface area contributed by atoms with Gasteiger partial charge in [-0.15, -0.1) is 0 Å². The molecule has 0 nitrogen and oxygen atoms in total. The molecule has 1 aromatic rings. The SMILES string of the molecule is CCCCC(F)(F)C(F)(F)c1ccccc1. The van der Waals surface area contributed by atoms with E-state index >= 15 is 0 Å². The van der Waals surface area contributed by atoms with Gasteiger partial charge in [-0.1, -0.05) is 43.7 Å². The number of hydrogen-bond acceptors (Lipinski definition) is 0. The summed E-state index contributed by atoms with van der Waals surface area (Å²) >= 11 is 0. The van der Waals surface area contributed by atoms with Crippen LogP contribution < -0.4 is 0 Å². The first-order chi connectivity index (χ1) is 7.42. The van der Waals surface area contributed by atoms with Crippen LogP contribution in [0.3, 0.4) is 0 Å². The van der Waals surface area contributed by atoms with Gasteiger partial charge in [0.25, 0.3) is 0 Å². The monoisotopic (exact) mass is 234 g/mol. The summed E-state index contributed by atoms with van der Waals surface area (Å²) in [6, 6.07) is 6.24. The minimum atomic E-state index is -4.09. The molecule has 0 atom stereocenters. The van der Waals surface area contributed by atoms with E-state index in [1.807, 2.05) is 0 Å². The number of hydrogen-bond donors (Lipinski definition) is 0. The lowest BCUT2D eigenvalue weighted by atomic mass is 9.98. The molecule has 0 aliphatic heterocycles. The Morgan fingerprint density at radius 2 is 1.56 bits per heavy atom. The third-order valence-electron chi connectivity index (χ3n) is 2.44. The lowest BCUT2D eigenvalue weighted by Gasteiger charge is -2.26. The van der Waals surface area contributed by atoms with E-state index in [0.29, 0.717) is 6.42 Å². The molecule has 0 N–H and O–H groups in total. The molecule has 0 saturated carbocycles. The molecule has 90 valence electrons. The third kappa shape index (κ3) is 2.54. The summed E-state index contributed by atoms with van der Waals surface area (Å²) in [4.78, 5) is 0. The normalized spacial score (nSPS) is 12.8. The van der Waals surface area contributed by atoms with Crippen molar-refractivity contribution in [1.29, 1.82) is 0 Å². The number of alkyl halides is 4. The summed E-state index contributed by atoms with van der Waals surface area (Å²) in [5, 5.41) is 0. The standard InChI is InChI=1S/C12H14F4/c1-2-3-9-11(13,14)12(15,16)10-7-5-4-6-8-10/h4-8H,2-3,9H2,1H3. The van der Waals surface area contributed by atoms with Crippen molar-refractivity contribution in [1.82, 2.24) is 0 Å². The van der Waals surface area contributed by atoms with Crippen molar-refractivity contribution >= 4 is 0 Å². The number of halogens is 4. The second-order valence-corrected chi connectivity index (χ2v) is 3.75. The zero-order valence-electron chi connectivity index (χ0n) is 9.02. The minimum absolute atomic E-state index is 0.0927. The van der Waals surface area contributed by atoms with Gasteiger partial charge in [-0.05, 0) is 6.42 Å². The second kappa shape index (κ2) is 4.85. The van der Waals surface area contributed by atoms with Crippen molar-refractivity contribution in [2.75, 3.05) is 0 Å². The molecule has 0 aromatic heterocycles. The number of rotatable bonds is 5. The van der Waals surface area contributed by atoms with E-state index in [-0.39, 0.29) is 6.42 Å². The largest absolute Gasteiger partial charge is 0.335 e. The summed E-state index contributed by atoms with van der Waals surface area (Å²) in [5.41, 5.74) is -0.629. The van der Waals surface area contributed by atoms with Gasteiger partial charge in [0, 0.05) is 12.0 Å². The van der Waals surface area contributed by atoms with Gasteiger partial charge in [0.15, 0.2) is 0 Å². The van der Waals surface area contributed by atoms with Crippen LogP contribution in [-0.2, 0) is 5.92 Å². The van der Waals surface area contributed by atoms with Crippen molar-refractivity contribution in [3.05, 3.63) is 35.9 Å². The van der Waals surface area contributed by atoms with Gasteiger partial charge in [0.2, 0.25) is 0 Å². The van der Waals surface area contributed by atoms with Crippen LogP contribution in [0.25, 0.3) is 0 Å². The van der Waals surface area contributed by atoms with Gasteiger partial charge in [0.1, 0.15) is 0 Å². The summed E-state index contributed by atoms with van der Waals surface area (Å²) in [5.74, 6) is -8.08. The summed E-state index contributed by atoms with van der Waals surface area (Å²) in [6.45, 7) is 1.69. The van der Waals surface area contributed by atoms with Crippen molar-refractivity contribution in [3.8, 4) is 0 Å². The van der Waals surface area contributed by atoms with Crippen LogP contribution in [0.4, 0.5) is 17.6 Å². The van der Waals surface area contributed by atoms with Gasteiger partial charge in [-0.2, -0.15) is 17.6 Å². The molecule has 4 heteroatoms. The van der Waals surface area contributed by atoms with Crippen LogP contribution in [0.2, 0.25) is 0 Å². The fourth-order valence-corrected chi connectivity index (χ4v) is 1.41. The summed E-state index contributed by atoms with van der Waals surface area (Å²) < 4.78 is 53.7. The first-order valence-corrected chi connectivity index (χ1v) is 5.23. The third-order valence-corrected chi connectivity index (χ3v) is 2.44. The molecule has 0 amide bonds. The number of unbranched alkanes of at least 4 members (excludes halogenated alkanes) is 1. The first kappa shape index (κ1) is 13.0. The highest BCUT2D eigenvalue weighted by atomic mass is 19.3. The molecular weight excluding hydrogens is 220 g/mol. The molecule has 0 saturated heterocycles. The topological polar surface area (TPSA) is 0 Å². The molecule has 0 unspecified atom stereocenters. The maximum Gasteiger partial charge on any atom is 0.335 e. The van der Waals surface area contributed by atoms with Crippen LogP contribution in [0, 0.1) is 0 Å². The molecule has 1 rings (SSSR count). The van der Waals surface area contributed by atoms with Crippen LogP contribution in [0.5, 0.6) is 0 Å². The van der Waals surface area contributed by atoms with E-state index in [0.717, 1.165) is 12.1 Å². The van der Waals surface area contributed by atoms with Crippen molar-refractivity contribution in [2.24, 2.45) is 0 Å². The molecule has 0 heterocycles. The van der Waals surface area contributed by atoms with Crippen LogP contribution >= 0.6 is 0 Å². The van der Waals surface area contributed by atoms with Gasteiger partial charge < -0.3 is 0 Å². The van der Waals surface area contributed by atoms with Crippen molar-refractivity contribution < 1.29 is 17.6 Å². The molecule has 1 aromatic carbocycles. The summed E-state index contributed by atoms with van der Waals surface area (Å²) in [6.07, 6.45) is -0.221. The Balaban J connectivity index is 2.92. The average molecular weight is 234 g/mol. The predicted molar refractivity (Wildman–Crippen MR) is 54.8 cm³/mol. The lowest BCUT2D eigenvalue weighted by molar-refractivity contribution is -0.219. The van der Waals surface area contributed by atoms with E-state index in [4.69, 9.17) is 0 Å². The van der Waals surface area contributed by atoms with E-state index in [1.54, 1.807) is 6.92 Å². The zero-order valence-corrected chi connectivity index (χ0v) is 9.02. The molecule has 0 aliphatic rings. The quantitative estimate of drug-likeness (QED) is 0.653. The van der Waals surface area contributed by atoms with E-state index in [1.165, 1.54) is 18.2 Å². The Hall–Kier alpha value is -1.06. The van der Waals surface area contributed by atoms with Crippen LogP contribution in [0.1, 0.15) is 31.7 Å². The Labute approximate surface area is 92.3 Å². The Morgan fingerprint density at radius 3 is 2.06 bits per heavy atom. The highest BCUT2D eigenvalue weighted by molar-refractivity contribution is 5.22. The molecule has 0 spiro atoms. The minimum Gasteiger partial charge on any atom is -0.199 e. The molecule has 0 bridgehead atoms. The van der Waals surface area contributed by atoms with Gasteiger partial charge in [-0.25, -0.2) is 0 Å². The van der Waals surface area contributed by atoms with Gasteiger partial charge in [0.05, 0.1) is 0 Å². The van der Waals surface area contributed by atoms with E-state index in [9.17, 15) is 17.6 Å². The maximum atomic E-state index is 13.5. The second-order valence-electron chi connectivity index (χ2n) is 3.75. The fourth-order valence-electron chi connectivity index (χ4n) is 1.41. The first-order valence-electron chi connectivity index (χ1n) is 5.23. The van der Waals surface area contributed by atoms with Crippen LogP contribution in [-0.4, -0.2) is 5.92 Å². The predicted octanol–water partition coefficient (Wildman–Crippen LogP) is 4.60. The van der Waals surface area contributed by atoms with Crippen molar-refractivity contribution in [2.45, 2.75) is 38.0 Å². The maximum absolute atomic E-state index is 13.5. The highest BCUT2D eigenvalue weighted by Crippen LogP contribution is 2.45. The Bertz CT molecular complexity index is 319. The molecule has 16 heavy (non-hydrogen) atoms. The molecule has 0 aliphatic carbocycles. The molecule has 0 fully saturated rings.